The molecule has 13 aromatic rings. The minimum Gasteiger partial charge on any atom is -0.311 e. The minimum absolute atomic E-state index is 0.0137. The van der Waals surface area contributed by atoms with Crippen LogP contribution in [0.4, 0.5) is 34.1 Å². The van der Waals surface area contributed by atoms with Crippen molar-refractivity contribution in [2.45, 2.75) is 131 Å². The van der Waals surface area contributed by atoms with E-state index in [1.807, 2.05) is 0 Å². The van der Waals surface area contributed by atoms with Crippen LogP contribution >= 0.6 is 0 Å². The largest absolute Gasteiger partial charge is 0.311 e. The molecule has 0 N–H and O–H groups in total. The van der Waals surface area contributed by atoms with Crippen LogP contribution in [0, 0.1) is 0 Å². The Morgan fingerprint density at radius 3 is 1.21 bits per heavy atom. The van der Waals surface area contributed by atoms with Gasteiger partial charge in [0.1, 0.15) is 0 Å². The van der Waals surface area contributed by atoms with Gasteiger partial charge in [0.2, 0.25) is 0 Å². The van der Waals surface area contributed by atoms with E-state index in [2.05, 4.69) is 353 Å². The summed E-state index contributed by atoms with van der Waals surface area (Å²) in [5.41, 5.74) is 29.1. The summed E-state index contributed by atoms with van der Waals surface area (Å²) in [6.45, 7) is 34.7. The highest BCUT2D eigenvalue weighted by Crippen LogP contribution is 2.50. The first-order chi connectivity index (χ1) is 43.3. The molecular weight excluding hydrogens is 1100 g/mol. The molecule has 15 rings (SSSR count). The van der Waals surface area contributed by atoms with Gasteiger partial charge in [-0.3, -0.25) is 0 Å². The predicted octanol–water partition coefficient (Wildman–Crippen LogP) is 21.8. The number of para-hydroxylation sites is 4. The number of rotatable bonds is 6. The predicted molar refractivity (Wildman–Crippen MR) is 394 cm³/mol. The van der Waals surface area contributed by atoms with Gasteiger partial charge >= 0.3 is 0 Å². The van der Waals surface area contributed by atoms with Crippen LogP contribution in [0.25, 0.3) is 77.2 Å². The maximum absolute atomic E-state index is 2.62. The molecule has 4 heterocycles. The Morgan fingerprint density at radius 2 is 0.714 bits per heavy atom. The summed E-state index contributed by atoms with van der Waals surface area (Å²) in [4.78, 5) is 5.19. The van der Waals surface area contributed by atoms with E-state index in [0.717, 1.165) is 17.1 Å². The van der Waals surface area contributed by atoms with Crippen LogP contribution in [-0.2, 0) is 27.1 Å². The Labute approximate surface area is 539 Å². The van der Waals surface area contributed by atoms with Crippen molar-refractivity contribution < 1.29 is 0 Å². The Morgan fingerprint density at radius 1 is 0.275 bits per heavy atom. The number of hydrogen-bond acceptors (Lipinski definition) is 2. The van der Waals surface area contributed by atoms with Gasteiger partial charge in [0, 0.05) is 72.5 Å². The highest BCUT2D eigenvalue weighted by Gasteiger charge is 2.46. The third-order valence-corrected chi connectivity index (χ3v) is 19.9. The third-order valence-electron chi connectivity index (χ3n) is 19.9. The number of nitrogens with zero attached hydrogens (tertiary/aromatic N) is 4. The molecule has 2 aliphatic heterocycles. The summed E-state index contributed by atoms with van der Waals surface area (Å²) in [7, 11) is 0. The standard InChI is InChI=1S/C86H83BN4/c1-82(2,3)56-37-33-54(34-38-56)64-30-24-31-65(55-35-39-57(40-36-55)83(4,5)6)81(64)91-70-32-23-22-29-66(70)78-73(91)47-48-74-80(78)87-69-44-43-63(90-71-45-41-58(84(7,8)9)49-67(71)68-50-59(85(10,11)12)42-46-72(68)90)53-75(69)89(62-27-20-17-21-28-62)77-52-60(86(13,14)15)51-76(79(77)87)88(74)61-25-18-16-19-26-61/h16-53H,1-15H3. The van der Waals surface area contributed by atoms with Gasteiger partial charge in [-0.15, -0.1) is 0 Å². The second-order valence-corrected chi connectivity index (χ2v) is 31.1. The van der Waals surface area contributed by atoms with Crippen LogP contribution in [0.1, 0.15) is 132 Å². The van der Waals surface area contributed by atoms with Gasteiger partial charge in [-0.25, -0.2) is 0 Å². The quantitative estimate of drug-likeness (QED) is 0.154. The highest BCUT2D eigenvalue weighted by atomic mass is 15.2. The van der Waals surface area contributed by atoms with Crippen LogP contribution in [0.5, 0.6) is 0 Å². The summed E-state index contributed by atoms with van der Waals surface area (Å²) in [6, 6.07) is 89.0. The van der Waals surface area contributed by atoms with E-state index >= 15 is 0 Å². The van der Waals surface area contributed by atoms with Crippen molar-refractivity contribution in [1.82, 2.24) is 9.13 Å². The van der Waals surface area contributed by atoms with Gasteiger partial charge in [-0.1, -0.05) is 243 Å². The van der Waals surface area contributed by atoms with Crippen LogP contribution in [-0.4, -0.2) is 15.8 Å². The number of fused-ring (bicyclic) bond motifs is 11. The average molecular weight is 1180 g/mol. The van der Waals surface area contributed by atoms with Crippen LogP contribution in [0.3, 0.4) is 0 Å². The van der Waals surface area contributed by atoms with Gasteiger partial charge < -0.3 is 18.9 Å². The van der Waals surface area contributed by atoms with E-state index in [1.165, 1.54) is 139 Å². The van der Waals surface area contributed by atoms with E-state index in [-0.39, 0.29) is 33.8 Å². The van der Waals surface area contributed by atoms with Gasteiger partial charge in [-0.2, -0.15) is 0 Å². The van der Waals surface area contributed by atoms with Gasteiger partial charge in [0.05, 0.1) is 27.8 Å². The van der Waals surface area contributed by atoms with Gasteiger partial charge in [-0.05, 0) is 173 Å². The lowest BCUT2D eigenvalue weighted by Gasteiger charge is -2.45. The van der Waals surface area contributed by atoms with Crippen molar-refractivity contribution in [1.29, 1.82) is 0 Å². The number of aromatic nitrogens is 2. The first kappa shape index (κ1) is 58.1. The molecule has 2 aliphatic rings. The molecule has 11 aromatic carbocycles. The molecule has 91 heavy (non-hydrogen) atoms. The topological polar surface area (TPSA) is 16.3 Å². The molecule has 0 radical (unpaired) electrons. The SMILES string of the molecule is CC(C)(C)c1ccc(-c2cccc(-c3ccc(C(C)(C)C)cc3)c2-n2c3ccccc3c3c4c(ccc32)N(c2ccccc2)c2cc(C(C)(C)C)cc3c2B4c2ccc(-n4c5ccc(C(C)(C)C)cc5c5cc(C(C)(C)C)ccc54)cc2N3c2ccccc2)cc1. The Hall–Kier alpha value is -9.32. The van der Waals surface area contributed by atoms with Crippen LogP contribution in [0.15, 0.2) is 231 Å². The normalized spacial score (nSPS) is 13.6. The van der Waals surface area contributed by atoms with Crippen LogP contribution in [0.2, 0.25) is 0 Å². The van der Waals surface area contributed by atoms with E-state index in [4.69, 9.17) is 0 Å². The average Bonchev–Trinajstić information content (AvgIpc) is 1.67. The molecule has 450 valence electrons. The van der Waals surface area contributed by atoms with Crippen molar-refractivity contribution in [3.8, 4) is 33.6 Å². The molecule has 4 nitrogen and oxygen atoms in total. The summed E-state index contributed by atoms with van der Waals surface area (Å²) in [5.74, 6) is 0. The molecule has 0 saturated heterocycles. The van der Waals surface area contributed by atoms with Crippen molar-refractivity contribution >= 4 is 101 Å². The van der Waals surface area contributed by atoms with Crippen molar-refractivity contribution in [3.63, 3.8) is 0 Å². The lowest BCUT2D eigenvalue weighted by Crippen LogP contribution is -2.61. The highest BCUT2D eigenvalue weighted by molar-refractivity contribution is 7.02. The number of hydrogen-bond donors (Lipinski definition) is 0. The van der Waals surface area contributed by atoms with E-state index in [1.54, 1.807) is 0 Å². The van der Waals surface area contributed by atoms with Crippen LogP contribution < -0.4 is 26.2 Å². The van der Waals surface area contributed by atoms with E-state index in [0.29, 0.717) is 0 Å². The molecule has 0 unspecified atom stereocenters. The lowest BCUT2D eigenvalue weighted by atomic mass is 9.33. The Kier molecular flexibility index (Phi) is 13.2. The van der Waals surface area contributed by atoms with Gasteiger partial charge in [0.25, 0.3) is 6.71 Å². The van der Waals surface area contributed by atoms with Crippen molar-refractivity contribution in [2.24, 2.45) is 0 Å². The monoisotopic (exact) mass is 1180 g/mol. The molecular formula is C86H83BN4. The lowest BCUT2D eigenvalue weighted by molar-refractivity contribution is 0.590. The first-order valence-electron chi connectivity index (χ1n) is 32.9. The summed E-state index contributed by atoms with van der Waals surface area (Å²) < 4.78 is 5.16. The summed E-state index contributed by atoms with van der Waals surface area (Å²) >= 11 is 0. The Balaban J connectivity index is 1.07. The summed E-state index contributed by atoms with van der Waals surface area (Å²) in [6.07, 6.45) is 0. The summed E-state index contributed by atoms with van der Waals surface area (Å²) in [5, 5.41) is 5.05. The molecule has 0 amide bonds. The fraction of sp³-hybridized carbons (Fsp3) is 0.233. The van der Waals surface area contributed by atoms with E-state index in [9.17, 15) is 0 Å². The fourth-order valence-corrected chi connectivity index (χ4v) is 14.8. The zero-order valence-corrected chi connectivity index (χ0v) is 55.8. The Bertz CT molecular complexity index is 4900. The zero-order valence-electron chi connectivity index (χ0n) is 55.8. The first-order valence-corrected chi connectivity index (χ1v) is 32.9. The molecule has 5 heteroatoms. The van der Waals surface area contributed by atoms with Crippen molar-refractivity contribution in [3.05, 3.63) is 258 Å². The molecule has 0 atom stereocenters. The molecule has 0 saturated carbocycles. The fourth-order valence-electron chi connectivity index (χ4n) is 14.8. The van der Waals surface area contributed by atoms with Gasteiger partial charge in [0.15, 0.2) is 0 Å². The maximum Gasteiger partial charge on any atom is 0.253 e. The third kappa shape index (κ3) is 9.47. The second kappa shape index (κ2) is 20.6. The number of benzene rings is 11. The second-order valence-electron chi connectivity index (χ2n) is 31.1. The maximum atomic E-state index is 2.62. The molecule has 0 spiro atoms. The molecule has 2 aromatic heterocycles. The minimum atomic E-state index is -0.183. The number of anilines is 6. The smallest absolute Gasteiger partial charge is 0.253 e. The molecule has 0 aliphatic carbocycles. The van der Waals surface area contributed by atoms with E-state index < -0.39 is 0 Å². The van der Waals surface area contributed by atoms with Crippen molar-refractivity contribution in [2.75, 3.05) is 9.80 Å². The zero-order chi connectivity index (χ0) is 63.4. The molecule has 0 bridgehead atoms. The molecule has 0 fully saturated rings.